The maximum atomic E-state index is 2.79. The van der Waals surface area contributed by atoms with Crippen molar-refractivity contribution in [2.45, 2.75) is 233 Å². The fourth-order valence-corrected chi connectivity index (χ4v) is 7.17. The van der Waals surface area contributed by atoms with Gasteiger partial charge in [0.1, 0.15) is 0 Å². The van der Waals surface area contributed by atoms with Gasteiger partial charge < -0.3 is 4.90 Å². The number of hydrogen-bond acceptors (Lipinski definition) is 1. The maximum absolute atomic E-state index is 2.79. The summed E-state index contributed by atoms with van der Waals surface area (Å²) in [5.74, 6) is 1.86. The molecule has 0 fully saturated rings. The summed E-state index contributed by atoms with van der Waals surface area (Å²) in [6.07, 6.45) is 46.5. The van der Waals surface area contributed by atoms with Crippen LogP contribution in [0.4, 0.5) is 0 Å². The van der Waals surface area contributed by atoms with E-state index in [1.807, 2.05) is 0 Å². The molecule has 2 unspecified atom stereocenters. The van der Waals surface area contributed by atoms with Gasteiger partial charge in [0.25, 0.3) is 0 Å². The Hall–Kier alpha value is -0.0400. The summed E-state index contributed by atoms with van der Waals surface area (Å²) in [6.45, 7) is 12.0. The SMILES string of the molecule is CCCCCCCCCCC(CCCCCCCC)CN(C)CC(CCCCCCCC)CCCCCCCCCC. The van der Waals surface area contributed by atoms with E-state index in [4.69, 9.17) is 0 Å². The van der Waals surface area contributed by atoms with Crippen LogP contribution >= 0.6 is 0 Å². The zero-order chi connectivity index (χ0) is 30.8. The molecule has 2 atom stereocenters. The highest BCUT2D eigenvalue weighted by atomic mass is 15.1. The van der Waals surface area contributed by atoms with Crippen LogP contribution in [0.5, 0.6) is 0 Å². The van der Waals surface area contributed by atoms with Crippen LogP contribution in [0, 0.1) is 11.8 Å². The minimum absolute atomic E-state index is 0.930. The van der Waals surface area contributed by atoms with Crippen molar-refractivity contribution in [3.05, 3.63) is 0 Å². The van der Waals surface area contributed by atoms with Crippen LogP contribution in [-0.4, -0.2) is 25.0 Å². The molecule has 0 radical (unpaired) electrons. The quantitative estimate of drug-likeness (QED) is 0.0655. The molecular formula is C41H85N. The van der Waals surface area contributed by atoms with Crippen molar-refractivity contribution in [1.29, 1.82) is 0 Å². The maximum Gasteiger partial charge on any atom is 0.000672 e. The van der Waals surface area contributed by atoms with Crippen LogP contribution in [0.2, 0.25) is 0 Å². The highest BCUT2D eigenvalue weighted by Crippen LogP contribution is 2.24. The van der Waals surface area contributed by atoms with E-state index >= 15 is 0 Å². The Balaban J connectivity index is 4.65. The first-order valence-corrected chi connectivity index (χ1v) is 20.4. The first-order chi connectivity index (χ1) is 20.7. The summed E-state index contributed by atoms with van der Waals surface area (Å²) in [5.41, 5.74) is 0. The summed E-state index contributed by atoms with van der Waals surface area (Å²) in [7, 11) is 2.48. The standard InChI is InChI=1S/C41H85N/c1-6-10-14-18-22-24-28-32-36-40(34-30-26-20-16-12-8-3)38-42(5)39-41(35-31-27-21-17-13-9-4)37-33-29-25-23-19-15-11-7-2/h40-41H,6-39H2,1-5H3. The molecule has 0 aliphatic carbocycles. The lowest BCUT2D eigenvalue weighted by Gasteiger charge is -2.28. The minimum Gasteiger partial charge on any atom is -0.306 e. The molecule has 254 valence electrons. The van der Waals surface area contributed by atoms with Crippen LogP contribution in [-0.2, 0) is 0 Å². The molecule has 0 saturated carbocycles. The fourth-order valence-electron chi connectivity index (χ4n) is 7.17. The highest BCUT2D eigenvalue weighted by Gasteiger charge is 2.16. The molecule has 0 heterocycles. The van der Waals surface area contributed by atoms with Crippen LogP contribution in [0.15, 0.2) is 0 Å². The third-order valence-corrected chi connectivity index (χ3v) is 10.0. The second kappa shape index (κ2) is 35.4. The molecule has 0 N–H and O–H groups in total. The Labute approximate surface area is 269 Å². The predicted molar refractivity (Wildman–Crippen MR) is 195 cm³/mol. The first kappa shape index (κ1) is 42.0. The number of rotatable bonds is 36. The van der Waals surface area contributed by atoms with Crippen LogP contribution in [0.3, 0.4) is 0 Å². The van der Waals surface area contributed by atoms with Gasteiger partial charge >= 0.3 is 0 Å². The molecule has 0 bridgehead atoms. The third kappa shape index (κ3) is 31.4. The zero-order valence-corrected chi connectivity index (χ0v) is 30.6. The molecule has 0 aromatic rings. The summed E-state index contributed by atoms with van der Waals surface area (Å²) in [6, 6.07) is 0. The average molecular weight is 592 g/mol. The Morgan fingerprint density at radius 2 is 0.476 bits per heavy atom. The van der Waals surface area contributed by atoms with E-state index < -0.39 is 0 Å². The number of hydrogen-bond donors (Lipinski definition) is 0. The van der Waals surface area contributed by atoms with Crippen LogP contribution in [0.1, 0.15) is 233 Å². The summed E-state index contributed by atoms with van der Waals surface area (Å²) in [4.78, 5) is 2.79. The lowest BCUT2D eigenvalue weighted by Crippen LogP contribution is -2.31. The molecule has 0 amide bonds. The molecule has 0 aliphatic rings. The van der Waals surface area contributed by atoms with E-state index in [9.17, 15) is 0 Å². The van der Waals surface area contributed by atoms with E-state index in [0.717, 1.165) is 11.8 Å². The second-order valence-corrected chi connectivity index (χ2v) is 14.6. The zero-order valence-electron chi connectivity index (χ0n) is 30.6. The molecule has 0 spiro atoms. The fraction of sp³-hybridized carbons (Fsp3) is 1.00. The van der Waals surface area contributed by atoms with Crippen molar-refractivity contribution < 1.29 is 0 Å². The largest absolute Gasteiger partial charge is 0.306 e. The lowest BCUT2D eigenvalue weighted by molar-refractivity contribution is 0.205. The highest BCUT2D eigenvalue weighted by molar-refractivity contribution is 4.70. The van der Waals surface area contributed by atoms with Crippen molar-refractivity contribution in [2.24, 2.45) is 11.8 Å². The molecule has 0 aromatic carbocycles. The minimum atomic E-state index is 0.930. The third-order valence-electron chi connectivity index (χ3n) is 10.0. The number of unbranched alkanes of at least 4 members (excludes halogenated alkanes) is 24. The van der Waals surface area contributed by atoms with Crippen LogP contribution < -0.4 is 0 Å². The van der Waals surface area contributed by atoms with Gasteiger partial charge in [-0.2, -0.15) is 0 Å². The van der Waals surface area contributed by atoms with Crippen molar-refractivity contribution in [2.75, 3.05) is 20.1 Å². The van der Waals surface area contributed by atoms with E-state index in [-0.39, 0.29) is 0 Å². The molecule has 0 aromatic heterocycles. The van der Waals surface area contributed by atoms with Gasteiger partial charge in [-0.3, -0.25) is 0 Å². The summed E-state index contributed by atoms with van der Waals surface area (Å²) < 4.78 is 0. The van der Waals surface area contributed by atoms with Gasteiger partial charge in [-0.1, -0.05) is 207 Å². The first-order valence-electron chi connectivity index (χ1n) is 20.4. The monoisotopic (exact) mass is 592 g/mol. The normalized spacial score (nSPS) is 13.3. The summed E-state index contributed by atoms with van der Waals surface area (Å²) in [5, 5.41) is 0. The molecule has 42 heavy (non-hydrogen) atoms. The van der Waals surface area contributed by atoms with Gasteiger partial charge in [-0.15, -0.1) is 0 Å². The Bertz CT molecular complexity index is 431. The number of nitrogens with zero attached hydrogens (tertiary/aromatic N) is 1. The van der Waals surface area contributed by atoms with Gasteiger partial charge in [0.05, 0.1) is 0 Å². The van der Waals surface area contributed by atoms with Crippen LogP contribution in [0.25, 0.3) is 0 Å². The van der Waals surface area contributed by atoms with Gasteiger partial charge in [0, 0.05) is 13.1 Å². The van der Waals surface area contributed by atoms with Gasteiger partial charge in [0.2, 0.25) is 0 Å². The van der Waals surface area contributed by atoms with Gasteiger partial charge in [-0.25, -0.2) is 0 Å². The predicted octanol–water partition coefficient (Wildman–Crippen LogP) is 14.7. The topological polar surface area (TPSA) is 3.24 Å². The summed E-state index contributed by atoms with van der Waals surface area (Å²) >= 11 is 0. The molecule has 0 aliphatic heterocycles. The van der Waals surface area contributed by atoms with Crippen molar-refractivity contribution in [3.63, 3.8) is 0 Å². The lowest BCUT2D eigenvalue weighted by atomic mass is 9.91. The van der Waals surface area contributed by atoms with E-state index in [1.165, 1.54) is 219 Å². The molecule has 1 nitrogen and oxygen atoms in total. The smallest absolute Gasteiger partial charge is 0.000672 e. The van der Waals surface area contributed by atoms with E-state index in [2.05, 4.69) is 39.6 Å². The van der Waals surface area contributed by atoms with Crippen molar-refractivity contribution in [3.8, 4) is 0 Å². The molecular weight excluding hydrogens is 506 g/mol. The average Bonchev–Trinajstić information content (AvgIpc) is 2.98. The van der Waals surface area contributed by atoms with E-state index in [1.54, 1.807) is 0 Å². The van der Waals surface area contributed by atoms with Gasteiger partial charge in [0.15, 0.2) is 0 Å². The Kier molecular flexibility index (Phi) is 35.4. The molecule has 1 heteroatoms. The molecule has 0 rings (SSSR count). The van der Waals surface area contributed by atoms with Crippen molar-refractivity contribution >= 4 is 0 Å². The van der Waals surface area contributed by atoms with Crippen molar-refractivity contribution in [1.82, 2.24) is 4.90 Å². The van der Waals surface area contributed by atoms with Gasteiger partial charge in [-0.05, 0) is 44.6 Å². The second-order valence-electron chi connectivity index (χ2n) is 14.6. The Morgan fingerprint density at radius 1 is 0.286 bits per heavy atom. The van der Waals surface area contributed by atoms with E-state index in [0.29, 0.717) is 0 Å². The molecule has 0 saturated heterocycles. The Morgan fingerprint density at radius 3 is 0.690 bits per heavy atom.